The van der Waals surface area contributed by atoms with E-state index in [1.165, 1.54) is 0 Å². The lowest BCUT2D eigenvalue weighted by Gasteiger charge is -2.18. The topological polar surface area (TPSA) is 38.3 Å². The van der Waals surface area contributed by atoms with Crippen LogP contribution in [0, 0.1) is 0 Å². The van der Waals surface area contributed by atoms with Crippen LogP contribution in [0.4, 0.5) is 0 Å². The van der Waals surface area contributed by atoms with Gasteiger partial charge in [-0.15, -0.1) is 0 Å². The van der Waals surface area contributed by atoms with Crippen molar-refractivity contribution in [3.63, 3.8) is 0 Å². The average Bonchev–Trinajstić information content (AvgIpc) is 2.29. The third-order valence-electron chi connectivity index (χ3n) is 1.73. The van der Waals surface area contributed by atoms with Crippen molar-refractivity contribution in [1.82, 2.24) is 5.32 Å². The SMILES string of the molecule is CO[C@@H]1NC(=O)C[C@H]1SC(C)C. The minimum atomic E-state index is -0.0927. The van der Waals surface area contributed by atoms with Crippen LogP contribution in [0.2, 0.25) is 0 Å². The van der Waals surface area contributed by atoms with Gasteiger partial charge >= 0.3 is 0 Å². The Balaban J connectivity index is 2.46. The van der Waals surface area contributed by atoms with Gasteiger partial charge in [0.25, 0.3) is 0 Å². The minimum absolute atomic E-state index is 0.0927. The number of thioether (sulfide) groups is 1. The lowest BCUT2D eigenvalue weighted by Crippen LogP contribution is -2.32. The molecule has 0 aliphatic carbocycles. The molecule has 0 saturated carbocycles. The molecule has 1 fully saturated rings. The van der Waals surface area contributed by atoms with Gasteiger partial charge in [0, 0.05) is 13.5 Å². The van der Waals surface area contributed by atoms with Crippen LogP contribution < -0.4 is 5.32 Å². The Morgan fingerprint density at radius 2 is 2.33 bits per heavy atom. The molecule has 0 aromatic carbocycles. The fraction of sp³-hybridized carbons (Fsp3) is 0.875. The Morgan fingerprint density at radius 3 is 2.83 bits per heavy atom. The largest absolute Gasteiger partial charge is 0.361 e. The van der Waals surface area contributed by atoms with Gasteiger partial charge in [0.15, 0.2) is 0 Å². The highest BCUT2D eigenvalue weighted by molar-refractivity contribution is 8.00. The Bertz CT molecular complexity index is 172. The van der Waals surface area contributed by atoms with Crippen molar-refractivity contribution in [2.75, 3.05) is 7.11 Å². The van der Waals surface area contributed by atoms with Crippen LogP contribution in [-0.4, -0.2) is 29.7 Å². The highest BCUT2D eigenvalue weighted by Crippen LogP contribution is 2.27. The van der Waals surface area contributed by atoms with Gasteiger partial charge in [0.05, 0.1) is 5.25 Å². The summed E-state index contributed by atoms with van der Waals surface area (Å²) in [4.78, 5) is 11.0. The van der Waals surface area contributed by atoms with Crippen LogP contribution >= 0.6 is 11.8 Å². The highest BCUT2D eigenvalue weighted by atomic mass is 32.2. The van der Waals surface area contributed by atoms with Crippen molar-refractivity contribution >= 4 is 17.7 Å². The summed E-state index contributed by atoms with van der Waals surface area (Å²) in [5.74, 6) is 0.0972. The standard InChI is InChI=1S/C8H15NO2S/c1-5(2)12-6-4-7(10)9-8(6)11-3/h5-6,8H,4H2,1-3H3,(H,9,10)/t6-,8+/m1/s1. The fourth-order valence-corrected chi connectivity index (χ4v) is 2.55. The van der Waals surface area contributed by atoms with Crippen LogP contribution in [-0.2, 0) is 9.53 Å². The number of rotatable bonds is 3. The van der Waals surface area contributed by atoms with Gasteiger partial charge in [-0.3, -0.25) is 4.79 Å². The van der Waals surface area contributed by atoms with Gasteiger partial charge in [0.1, 0.15) is 6.23 Å². The molecular weight excluding hydrogens is 174 g/mol. The van der Waals surface area contributed by atoms with Gasteiger partial charge < -0.3 is 10.1 Å². The number of hydrogen-bond donors (Lipinski definition) is 1. The van der Waals surface area contributed by atoms with E-state index in [1.54, 1.807) is 18.9 Å². The molecule has 1 rings (SSSR count). The lowest BCUT2D eigenvalue weighted by atomic mass is 10.3. The first-order chi connectivity index (χ1) is 5.63. The second kappa shape index (κ2) is 4.14. The summed E-state index contributed by atoms with van der Waals surface area (Å²) < 4.78 is 5.14. The molecule has 0 unspecified atom stereocenters. The molecule has 0 radical (unpaired) electrons. The first-order valence-corrected chi connectivity index (χ1v) is 5.05. The van der Waals surface area contributed by atoms with E-state index in [0.717, 1.165) is 0 Å². The molecule has 1 saturated heterocycles. The Morgan fingerprint density at radius 1 is 1.67 bits per heavy atom. The van der Waals surface area contributed by atoms with Gasteiger partial charge in [-0.2, -0.15) is 11.8 Å². The van der Waals surface area contributed by atoms with Gasteiger partial charge in [-0.1, -0.05) is 13.8 Å². The predicted molar refractivity (Wildman–Crippen MR) is 50.1 cm³/mol. The Labute approximate surface area is 77.2 Å². The molecule has 1 heterocycles. The number of nitrogens with one attached hydrogen (secondary N) is 1. The third-order valence-corrected chi connectivity index (χ3v) is 3.04. The summed E-state index contributed by atoms with van der Waals surface area (Å²) in [5.41, 5.74) is 0. The first-order valence-electron chi connectivity index (χ1n) is 4.11. The minimum Gasteiger partial charge on any atom is -0.361 e. The van der Waals surface area contributed by atoms with Crippen molar-refractivity contribution in [1.29, 1.82) is 0 Å². The number of carbonyl (C=O) groups is 1. The average molecular weight is 189 g/mol. The van der Waals surface area contributed by atoms with Crippen molar-refractivity contribution in [2.24, 2.45) is 0 Å². The van der Waals surface area contributed by atoms with E-state index in [4.69, 9.17) is 4.74 Å². The normalized spacial score (nSPS) is 29.5. The van der Waals surface area contributed by atoms with Gasteiger partial charge in [-0.25, -0.2) is 0 Å². The molecule has 70 valence electrons. The quantitative estimate of drug-likeness (QED) is 0.719. The maximum absolute atomic E-state index is 11.0. The van der Waals surface area contributed by atoms with Crippen LogP contribution in [0.5, 0.6) is 0 Å². The lowest BCUT2D eigenvalue weighted by molar-refractivity contribution is -0.120. The number of hydrogen-bond acceptors (Lipinski definition) is 3. The molecule has 0 aromatic rings. The summed E-state index contributed by atoms with van der Waals surface area (Å²) in [5, 5.41) is 3.60. The smallest absolute Gasteiger partial charge is 0.223 e. The molecule has 1 N–H and O–H groups in total. The van der Waals surface area contributed by atoms with E-state index < -0.39 is 0 Å². The van der Waals surface area contributed by atoms with E-state index in [2.05, 4.69) is 19.2 Å². The number of methoxy groups -OCH3 is 1. The summed E-state index contributed by atoms with van der Waals surface area (Å²) >= 11 is 1.79. The van der Waals surface area contributed by atoms with Crippen LogP contribution in [0.25, 0.3) is 0 Å². The van der Waals surface area contributed by atoms with Crippen molar-refractivity contribution < 1.29 is 9.53 Å². The van der Waals surface area contributed by atoms with Crippen LogP contribution in [0.1, 0.15) is 20.3 Å². The first kappa shape index (κ1) is 9.86. The van der Waals surface area contributed by atoms with Crippen LogP contribution in [0.15, 0.2) is 0 Å². The Kier molecular flexibility index (Phi) is 3.40. The fourth-order valence-electron chi connectivity index (χ4n) is 1.28. The highest BCUT2D eigenvalue weighted by Gasteiger charge is 2.33. The molecule has 0 bridgehead atoms. The Hall–Kier alpha value is -0.220. The molecule has 1 amide bonds. The molecule has 2 atom stereocenters. The number of carbonyl (C=O) groups excluding carboxylic acids is 1. The summed E-state index contributed by atoms with van der Waals surface area (Å²) in [6, 6.07) is 0. The molecular formula is C8H15NO2S. The molecule has 12 heavy (non-hydrogen) atoms. The van der Waals surface area contributed by atoms with Crippen molar-refractivity contribution in [3.05, 3.63) is 0 Å². The maximum atomic E-state index is 11.0. The molecule has 3 nitrogen and oxygen atoms in total. The zero-order valence-electron chi connectivity index (χ0n) is 7.66. The van der Waals surface area contributed by atoms with Gasteiger partial charge in [-0.05, 0) is 5.25 Å². The van der Waals surface area contributed by atoms with Crippen molar-refractivity contribution in [2.45, 2.75) is 37.0 Å². The predicted octanol–water partition coefficient (Wildman–Crippen LogP) is 0.989. The second-order valence-corrected chi connectivity index (χ2v) is 4.97. The number of ether oxygens (including phenoxy) is 1. The summed E-state index contributed by atoms with van der Waals surface area (Å²) in [6.45, 7) is 4.25. The molecule has 1 aliphatic rings. The molecule has 0 aromatic heterocycles. The van der Waals surface area contributed by atoms with E-state index in [-0.39, 0.29) is 17.4 Å². The van der Waals surface area contributed by atoms with Crippen molar-refractivity contribution in [3.8, 4) is 0 Å². The van der Waals surface area contributed by atoms with E-state index in [1.807, 2.05) is 0 Å². The molecule has 1 aliphatic heterocycles. The molecule has 4 heteroatoms. The van der Waals surface area contributed by atoms with E-state index in [0.29, 0.717) is 11.7 Å². The zero-order chi connectivity index (χ0) is 9.14. The maximum Gasteiger partial charge on any atom is 0.223 e. The number of amides is 1. The second-order valence-electron chi connectivity index (χ2n) is 3.15. The zero-order valence-corrected chi connectivity index (χ0v) is 8.48. The van der Waals surface area contributed by atoms with Crippen LogP contribution in [0.3, 0.4) is 0 Å². The third kappa shape index (κ3) is 2.38. The molecule has 0 spiro atoms. The van der Waals surface area contributed by atoms with E-state index >= 15 is 0 Å². The van der Waals surface area contributed by atoms with E-state index in [9.17, 15) is 4.79 Å². The summed E-state index contributed by atoms with van der Waals surface area (Å²) in [7, 11) is 1.63. The monoisotopic (exact) mass is 189 g/mol. The summed E-state index contributed by atoms with van der Waals surface area (Å²) in [6.07, 6.45) is 0.492. The van der Waals surface area contributed by atoms with Gasteiger partial charge in [0.2, 0.25) is 5.91 Å².